The zero-order valence-electron chi connectivity index (χ0n) is 8.86. The van der Waals surface area contributed by atoms with Crippen molar-refractivity contribution in [2.24, 2.45) is 0 Å². The number of aromatic hydroxyl groups is 1. The molecule has 1 aliphatic heterocycles. The van der Waals surface area contributed by atoms with Crippen LogP contribution in [-0.4, -0.2) is 41.4 Å². The van der Waals surface area contributed by atoms with Crippen molar-refractivity contribution in [3.8, 4) is 5.75 Å². The van der Waals surface area contributed by atoms with E-state index in [-0.39, 0.29) is 5.75 Å². The van der Waals surface area contributed by atoms with Gasteiger partial charge < -0.3 is 14.7 Å². The van der Waals surface area contributed by atoms with E-state index in [1.807, 2.05) is 0 Å². The Balaban J connectivity index is 2.06. The lowest BCUT2D eigenvalue weighted by Crippen LogP contribution is -3.12. The van der Waals surface area contributed by atoms with E-state index in [0.29, 0.717) is 5.69 Å². The average molecular weight is 210 g/mol. The van der Waals surface area contributed by atoms with Gasteiger partial charge in [-0.05, 0) is 6.92 Å². The zero-order chi connectivity index (χ0) is 10.7. The molecule has 0 unspecified atom stereocenters. The molecule has 5 heteroatoms. The van der Waals surface area contributed by atoms with Crippen LogP contribution in [0, 0.1) is 6.92 Å². The minimum Gasteiger partial charge on any atom is -0.504 e. The zero-order valence-corrected chi connectivity index (χ0v) is 8.86. The van der Waals surface area contributed by atoms with Gasteiger partial charge in [-0.2, -0.15) is 0 Å². The van der Waals surface area contributed by atoms with Crippen molar-refractivity contribution in [3.05, 3.63) is 17.7 Å². The minimum absolute atomic E-state index is 0.233. The second-order valence-corrected chi connectivity index (χ2v) is 3.79. The number of hydrogen-bond donors (Lipinski definition) is 2. The summed E-state index contributed by atoms with van der Waals surface area (Å²) in [5.74, 6) is 0.233. The molecule has 2 rings (SSSR count). The molecule has 0 amide bonds. The Labute approximate surface area is 88.7 Å². The third-order valence-electron chi connectivity index (χ3n) is 2.70. The van der Waals surface area contributed by atoms with Crippen LogP contribution >= 0.6 is 0 Å². The maximum Gasteiger partial charge on any atom is 0.164 e. The molecule has 1 fully saturated rings. The molecule has 0 bridgehead atoms. The van der Waals surface area contributed by atoms with Crippen molar-refractivity contribution in [2.75, 3.05) is 26.3 Å². The number of nitrogens with one attached hydrogen (secondary N) is 1. The summed E-state index contributed by atoms with van der Waals surface area (Å²) in [6.45, 7) is 6.07. The highest BCUT2D eigenvalue weighted by molar-refractivity contribution is 5.28. The highest BCUT2D eigenvalue weighted by atomic mass is 16.5. The first kappa shape index (κ1) is 10.3. The SMILES string of the molecule is Cc1ncnc(C[NH+]2CCOCC2)c1O. The van der Waals surface area contributed by atoms with Gasteiger partial charge in [0.15, 0.2) is 5.75 Å². The van der Waals surface area contributed by atoms with E-state index < -0.39 is 0 Å². The molecule has 0 saturated carbocycles. The standard InChI is InChI=1S/C10H15N3O2/c1-8-10(14)9(12-7-11-8)6-13-2-4-15-5-3-13/h7,14H,2-6H2,1H3/p+1. The van der Waals surface area contributed by atoms with Crippen molar-refractivity contribution in [3.63, 3.8) is 0 Å². The summed E-state index contributed by atoms with van der Waals surface area (Å²) in [4.78, 5) is 9.45. The van der Waals surface area contributed by atoms with Crippen LogP contribution in [0.1, 0.15) is 11.4 Å². The summed E-state index contributed by atoms with van der Waals surface area (Å²) in [6.07, 6.45) is 1.50. The first-order valence-electron chi connectivity index (χ1n) is 5.18. The van der Waals surface area contributed by atoms with Crippen molar-refractivity contribution in [1.82, 2.24) is 9.97 Å². The molecular weight excluding hydrogens is 194 g/mol. The summed E-state index contributed by atoms with van der Waals surface area (Å²) in [7, 11) is 0. The van der Waals surface area contributed by atoms with E-state index in [1.165, 1.54) is 11.2 Å². The molecule has 1 aliphatic rings. The number of hydrogen-bond acceptors (Lipinski definition) is 4. The Morgan fingerprint density at radius 1 is 1.40 bits per heavy atom. The Morgan fingerprint density at radius 2 is 2.13 bits per heavy atom. The lowest BCUT2D eigenvalue weighted by atomic mass is 10.2. The van der Waals surface area contributed by atoms with Gasteiger partial charge in [-0.25, -0.2) is 9.97 Å². The smallest absolute Gasteiger partial charge is 0.164 e. The third kappa shape index (κ3) is 2.43. The van der Waals surface area contributed by atoms with E-state index in [0.717, 1.165) is 38.5 Å². The largest absolute Gasteiger partial charge is 0.504 e. The monoisotopic (exact) mass is 210 g/mol. The van der Waals surface area contributed by atoms with Crippen molar-refractivity contribution >= 4 is 0 Å². The van der Waals surface area contributed by atoms with Crippen molar-refractivity contribution < 1.29 is 14.7 Å². The number of ether oxygens (including phenoxy) is 1. The first-order chi connectivity index (χ1) is 7.27. The Morgan fingerprint density at radius 3 is 2.87 bits per heavy atom. The lowest BCUT2D eigenvalue weighted by molar-refractivity contribution is -0.921. The average Bonchev–Trinajstić information content (AvgIpc) is 2.26. The van der Waals surface area contributed by atoms with Crippen LogP contribution in [0.4, 0.5) is 0 Å². The molecule has 0 spiro atoms. The number of morpholine rings is 1. The topological polar surface area (TPSA) is 59.7 Å². The van der Waals surface area contributed by atoms with Gasteiger partial charge in [-0.1, -0.05) is 0 Å². The molecular formula is C10H16N3O2+. The van der Waals surface area contributed by atoms with E-state index in [2.05, 4.69) is 9.97 Å². The third-order valence-corrected chi connectivity index (χ3v) is 2.70. The molecule has 1 saturated heterocycles. The number of rotatable bonds is 2. The van der Waals surface area contributed by atoms with E-state index in [9.17, 15) is 5.11 Å². The molecule has 0 aliphatic carbocycles. The second kappa shape index (κ2) is 4.55. The lowest BCUT2D eigenvalue weighted by Gasteiger charge is -2.23. The fraction of sp³-hybridized carbons (Fsp3) is 0.600. The molecule has 1 aromatic rings. The molecule has 82 valence electrons. The van der Waals surface area contributed by atoms with Gasteiger partial charge in [0.2, 0.25) is 0 Å². The fourth-order valence-electron chi connectivity index (χ4n) is 1.72. The summed E-state index contributed by atoms with van der Waals surface area (Å²) < 4.78 is 5.28. The van der Waals surface area contributed by atoms with Crippen molar-refractivity contribution in [1.29, 1.82) is 0 Å². The Hall–Kier alpha value is -1.20. The summed E-state index contributed by atoms with van der Waals surface area (Å²) in [6, 6.07) is 0. The van der Waals surface area contributed by atoms with Gasteiger partial charge in [-0.15, -0.1) is 0 Å². The molecule has 5 nitrogen and oxygen atoms in total. The summed E-state index contributed by atoms with van der Waals surface area (Å²) in [5, 5.41) is 9.76. The molecule has 1 aromatic heterocycles. The van der Waals surface area contributed by atoms with Crippen LogP contribution in [-0.2, 0) is 11.3 Å². The van der Waals surface area contributed by atoms with Crippen molar-refractivity contribution in [2.45, 2.75) is 13.5 Å². The van der Waals surface area contributed by atoms with Crippen LogP contribution in [0.15, 0.2) is 6.33 Å². The maximum atomic E-state index is 9.76. The van der Waals surface area contributed by atoms with E-state index in [1.54, 1.807) is 6.92 Å². The van der Waals surface area contributed by atoms with Gasteiger partial charge in [-0.3, -0.25) is 0 Å². The highest BCUT2D eigenvalue weighted by Crippen LogP contribution is 2.15. The fourth-order valence-corrected chi connectivity index (χ4v) is 1.72. The first-order valence-corrected chi connectivity index (χ1v) is 5.18. The molecule has 0 atom stereocenters. The normalized spacial score (nSPS) is 17.9. The van der Waals surface area contributed by atoms with E-state index in [4.69, 9.17) is 4.74 Å². The molecule has 0 aromatic carbocycles. The van der Waals surface area contributed by atoms with E-state index >= 15 is 0 Å². The number of aryl methyl sites for hydroxylation is 1. The van der Waals surface area contributed by atoms with Crippen LogP contribution in [0.5, 0.6) is 5.75 Å². The summed E-state index contributed by atoms with van der Waals surface area (Å²) >= 11 is 0. The van der Waals surface area contributed by atoms with Gasteiger partial charge in [0.05, 0.1) is 18.9 Å². The molecule has 0 radical (unpaired) electrons. The highest BCUT2D eigenvalue weighted by Gasteiger charge is 2.17. The number of nitrogens with zero attached hydrogens (tertiary/aromatic N) is 2. The maximum absolute atomic E-state index is 9.76. The molecule has 2 heterocycles. The van der Waals surface area contributed by atoms with Gasteiger partial charge in [0.25, 0.3) is 0 Å². The van der Waals surface area contributed by atoms with Gasteiger partial charge in [0.1, 0.15) is 31.7 Å². The Bertz CT molecular complexity index is 337. The molecule has 15 heavy (non-hydrogen) atoms. The van der Waals surface area contributed by atoms with Gasteiger partial charge in [0, 0.05) is 0 Å². The number of aromatic nitrogens is 2. The quantitative estimate of drug-likeness (QED) is 0.651. The predicted molar refractivity (Wildman–Crippen MR) is 53.7 cm³/mol. The van der Waals surface area contributed by atoms with Crippen LogP contribution in [0.25, 0.3) is 0 Å². The predicted octanol–water partition coefficient (Wildman–Crippen LogP) is -1.09. The minimum atomic E-state index is 0.233. The summed E-state index contributed by atoms with van der Waals surface area (Å²) in [5.41, 5.74) is 1.38. The van der Waals surface area contributed by atoms with Crippen LogP contribution < -0.4 is 4.90 Å². The second-order valence-electron chi connectivity index (χ2n) is 3.79. The Kier molecular flexibility index (Phi) is 3.13. The van der Waals surface area contributed by atoms with Crippen LogP contribution in [0.2, 0.25) is 0 Å². The number of quaternary nitrogens is 1. The van der Waals surface area contributed by atoms with Gasteiger partial charge >= 0.3 is 0 Å². The van der Waals surface area contributed by atoms with Crippen LogP contribution in [0.3, 0.4) is 0 Å². The molecule has 2 N–H and O–H groups in total.